The topological polar surface area (TPSA) is 29.5 Å². The standard InChI is InChI=1S/C9H10O2S2/c1-11-6-3-4-7(8(10)5-6)9(12)13-2/h3-5,10H,1-2H3. The monoisotopic (exact) mass is 214 g/mol. The molecule has 0 fully saturated rings. The summed E-state index contributed by atoms with van der Waals surface area (Å²) in [5.41, 5.74) is 0.684. The highest BCUT2D eigenvalue weighted by Crippen LogP contribution is 2.26. The van der Waals surface area contributed by atoms with Crippen molar-refractivity contribution in [3.8, 4) is 11.5 Å². The van der Waals surface area contributed by atoms with Gasteiger partial charge in [-0.2, -0.15) is 0 Å². The number of hydrogen-bond acceptors (Lipinski definition) is 4. The van der Waals surface area contributed by atoms with Gasteiger partial charge in [-0.15, -0.1) is 11.8 Å². The number of hydrogen-bond donors (Lipinski definition) is 1. The Bertz CT molecular complexity index is 323. The Morgan fingerprint density at radius 1 is 1.54 bits per heavy atom. The molecule has 0 aliphatic heterocycles. The normalized spacial score (nSPS) is 9.69. The largest absolute Gasteiger partial charge is 0.507 e. The van der Waals surface area contributed by atoms with Crippen molar-refractivity contribution in [3.05, 3.63) is 23.8 Å². The number of thiocarbonyl (C=S) groups is 1. The van der Waals surface area contributed by atoms with Crippen LogP contribution in [0.3, 0.4) is 0 Å². The SMILES string of the molecule is COc1ccc(C(=S)SC)c(O)c1. The summed E-state index contributed by atoms with van der Waals surface area (Å²) in [6.07, 6.45) is 1.88. The van der Waals surface area contributed by atoms with Gasteiger partial charge >= 0.3 is 0 Å². The first-order valence-corrected chi connectivity index (χ1v) is 5.27. The van der Waals surface area contributed by atoms with Gasteiger partial charge in [-0.1, -0.05) is 12.2 Å². The lowest BCUT2D eigenvalue weighted by Gasteiger charge is -2.05. The Labute approximate surface area is 86.9 Å². The highest BCUT2D eigenvalue weighted by atomic mass is 32.2. The van der Waals surface area contributed by atoms with Gasteiger partial charge in [0.1, 0.15) is 11.5 Å². The number of thioether (sulfide) groups is 1. The van der Waals surface area contributed by atoms with Crippen LogP contribution in [0.2, 0.25) is 0 Å². The Kier molecular flexibility index (Phi) is 3.57. The van der Waals surface area contributed by atoms with Gasteiger partial charge < -0.3 is 9.84 Å². The zero-order valence-electron chi connectivity index (χ0n) is 7.40. The number of ether oxygens (including phenoxy) is 1. The van der Waals surface area contributed by atoms with Gasteiger partial charge in [-0.05, 0) is 18.4 Å². The molecule has 0 atom stereocenters. The van der Waals surface area contributed by atoms with Gasteiger partial charge in [0.25, 0.3) is 0 Å². The predicted molar refractivity (Wildman–Crippen MR) is 59.9 cm³/mol. The third kappa shape index (κ3) is 2.35. The summed E-state index contributed by atoms with van der Waals surface area (Å²) in [6.45, 7) is 0. The second-order valence-electron chi connectivity index (χ2n) is 2.37. The van der Waals surface area contributed by atoms with Gasteiger partial charge in [-0.3, -0.25) is 0 Å². The first-order valence-electron chi connectivity index (χ1n) is 3.64. The molecule has 1 N–H and O–H groups in total. The number of methoxy groups -OCH3 is 1. The van der Waals surface area contributed by atoms with E-state index in [4.69, 9.17) is 17.0 Å². The molecule has 70 valence electrons. The number of aromatic hydroxyl groups is 1. The minimum Gasteiger partial charge on any atom is -0.507 e. The lowest BCUT2D eigenvalue weighted by molar-refractivity contribution is 0.407. The average molecular weight is 214 g/mol. The molecule has 0 radical (unpaired) electrons. The fourth-order valence-corrected chi connectivity index (χ4v) is 1.49. The van der Waals surface area contributed by atoms with Crippen LogP contribution in [-0.4, -0.2) is 22.7 Å². The molecule has 0 unspecified atom stereocenters. The molecular formula is C9H10O2S2. The number of phenols is 1. The van der Waals surface area contributed by atoms with Crippen molar-refractivity contribution in [2.45, 2.75) is 0 Å². The first kappa shape index (κ1) is 10.3. The van der Waals surface area contributed by atoms with Crippen molar-refractivity contribution in [2.75, 3.05) is 13.4 Å². The molecule has 1 rings (SSSR count). The molecule has 0 heterocycles. The first-order chi connectivity index (χ1) is 6.19. The van der Waals surface area contributed by atoms with Crippen LogP contribution < -0.4 is 4.74 Å². The van der Waals surface area contributed by atoms with Crippen LogP contribution in [0.1, 0.15) is 5.56 Å². The molecule has 0 saturated heterocycles. The summed E-state index contributed by atoms with van der Waals surface area (Å²) >= 11 is 6.49. The van der Waals surface area contributed by atoms with Gasteiger partial charge in [0, 0.05) is 11.6 Å². The van der Waals surface area contributed by atoms with E-state index in [1.165, 1.54) is 11.8 Å². The maximum Gasteiger partial charge on any atom is 0.128 e. The van der Waals surface area contributed by atoms with Crippen LogP contribution in [0.4, 0.5) is 0 Å². The molecule has 0 saturated carbocycles. The van der Waals surface area contributed by atoms with Gasteiger partial charge in [0.2, 0.25) is 0 Å². The van der Waals surface area contributed by atoms with E-state index >= 15 is 0 Å². The molecule has 4 heteroatoms. The molecule has 2 nitrogen and oxygen atoms in total. The fraction of sp³-hybridized carbons (Fsp3) is 0.222. The zero-order chi connectivity index (χ0) is 9.84. The summed E-state index contributed by atoms with van der Waals surface area (Å²) in [4.78, 5) is 0. The number of phenolic OH excluding ortho intramolecular Hbond substituents is 1. The molecule has 0 bridgehead atoms. The number of benzene rings is 1. The zero-order valence-corrected chi connectivity index (χ0v) is 9.04. The Morgan fingerprint density at radius 2 is 2.23 bits per heavy atom. The molecule has 1 aromatic rings. The molecule has 0 aliphatic carbocycles. The van der Waals surface area contributed by atoms with E-state index in [0.717, 1.165) is 0 Å². The van der Waals surface area contributed by atoms with Crippen molar-refractivity contribution in [1.29, 1.82) is 0 Å². The van der Waals surface area contributed by atoms with Gasteiger partial charge in [0.15, 0.2) is 0 Å². The van der Waals surface area contributed by atoms with E-state index in [2.05, 4.69) is 0 Å². The van der Waals surface area contributed by atoms with Crippen LogP contribution in [0, 0.1) is 0 Å². The van der Waals surface area contributed by atoms with Gasteiger partial charge in [0.05, 0.1) is 11.3 Å². The smallest absolute Gasteiger partial charge is 0.128 e. The Hall–Kier alpha value is -0.740. The van der Waals surface area contributed by atoms with Crippen molar-refractivity contribution in [1.82, 2.24) is 0 Å². The molecule has 13 heavy (non-hydrogen) atoms. The summed E-state index contributed by atoms with van der Waals surface area (Å²) < 4.78 is 5.63. The Balaban J connectivity index is 3.05. The average Bonchev–Trinajstić information content (AvgIpc) is 2.16. The van der Waals surface area contributed by atoms with Crippen LogP contribution in [0.5, 0.6) is 11.5 Å². The molecule has 1 aromatic carbocycles. The lowest BCUT2D eigenvalue weighted by Crippen LogP contribution is -1.92. The highest BCUT2D eigenvalue weighted by molar-refractivity contribution is 8.23. The van der Waals surface area contributed by atoms with E-state index < -0.39 is 0 Å². The van der Waals surface area contributed by atoms with E-state index in [1.54, 1.807) is 25.3 Å². The van der Waals surface area contributed by atoms with Crippen LogP contribution in [-0.2, 0) is 0 Å². The maximum absolute atomic E-state index is 9.54. The predicted octanol–water partition coefficient (Wildman–Crippen LogP) is 2.44. The van der Waals surface area contributed by atoms with Gasteiger partial charge in [-0.25, -0.2) is 0 Å². The third-order valence-electron chi connectivity index (χ3n) is 1.61. The Morgan fingerprint density at radius 3 is 2.69 bits per heavy atom. The summed E-state index contributed by atoms with van der Waals surface area (Å²) in [5, 5.41) is 9.54. The second-order valence-corrected chi connectivity index (χ2v) is 3.86. The van der Waals surface area contributed by atoms with Crippen molar-refractivity contribution < 1.29 is 9.84 Å². The maximum atomic E-state index is 9.54. The quantitative estimate of drug-likeness (QED) is 0.766. The minimum absolute atomic E-state index is 0.165. The van der Waals surface area contributed by atoms with Crippen molar-refractivity contribution >= 4 is 28.2 Å². The molecule has 0 aliphatic rings. The summed E-state index contributed by atoms with van der Waals surface area (Å²) in [5.74, 6) is 0.795. The highest BCUT2D eigenvalue weighted by Gasteiger charge is 2.06. The molecule has 0 aromatic heterocycles. The van der Waals surface area contributed by atoms with Crippen LogP contribution in [0.15, 0.2) is 18.2 Å². The fourth-order valence-electron chi connectivity index (χ4n) is 0.921. The molecule has 0 spiro atoms. The lowest BCUT2D eigenvalue weighted by atomic mass is 10.2. The second kappa shape index (κ2) is 4.48. The van der Waals surface area contributed by atoms with E-state index in [0.29, 0.717) is 15.5 Å². The molecule has 0 amide bonds. The molecular weight excluding hydrogens is 204 g/mol. The van der Waals surface area contributed by atoms with E-state index in [9.17, 15) is 5.11 Å². The third-order valence-corrected chi connectivity index (χ3v) is 2.92. The van der Waals surface area contributed by atoms with E-state index in [-0.39, 0.29) is 5.75 Å². The summed E-state index contributed by atoms with van der Waals surface area (Å²) in [7, 11) is 1.56. The van der Waals surface area contributed by atoms with Crippen molar-refractivity contribution in [3.63, 3.8) is 0 Å². The minimum atomic E-state index is 0.165. The summed E-state index contributed by atoms with van der Waals surface area (Å²) in [6, 6.07) is 5.09. The number of rotatable bonds is 2. The van der Waals surface area contributed by atoms with Crippen molar-refractivity contribution in [2.24, 2.45) is 0 Å². The van der Waals surface area contributed by atoms with E-state index in [1.807, 2.05) is 6.26 Å². The van der Waals surface area contributed by atoms with Crippen LogP contribution >= 0.6 is 24.0 Å². The van der Waals surface area contributed by atoms with Crippen LogP contribution in [0.25, 0.3) is 0 Å².